The number of nitrogens with one attached hydrogen (secondary N) is 1. The minimum absolute atomic E-state index is 0.158. The number of anilines is 1. The second-order valence-corrected chi connectivity index (χ2v) is 4.26. The molecule has 2 aromatic rings. The van der Waals surface area contributed by atoms with Crippen LogP contribution in [-0.2, 0) is 0 Å². The van der Waals surface area contributed by atoms with E-state index in [1.54, 1.807) is 31.4 Å². The van der Waals surface area contributed by atoms with E-state index < -0.39 is 0 Å². The number of carbonyl (C=O) groups is 1. The summed E-state index contributed by atoms with van der Waals surface area (Å²) in [5, 5.41) is 3.23. The highest BCUT2D eigenvalue weighted by Gasteiger charge is 2.15. The Morgan fingerprint density at radius 3 is 2.47 bits per heavy atom. The number of hydrogen-bond donors (Lipinski definition) is 1. The average Bonchev–Trinajstić information content (AvgIpc) is 2.47. The first kappa shape index (κ1) is 13.2. The molecule has 1 amide bonds. The van der Waals surface area contributed by atoms with Crippen LogP contribution in [0.4, 0.5) is 5.82 Å². The maximum atomic E-state index is 12.2. The molecule has 0 unspecified atom stereocenters. The molecule has 2 rings (SSSR count). The van der Waals surface area contributed by atoms with Crippen LogP contribution in [-0.4, -0.2) is 28.0 Å². The summed E-state index contributed by atoms with van der Waals surface area (Å²) in [6.45, 7) is 0. The van der Waals surface area contributed by atoms with E-state index in [0.717, 1.165) is 0 Å². The second kappa shape index (κ2) is 6.06. The van der Waals surface area contributed by atoms with E-state index in [1.807, 2.05) is 30.3 Å². The van der Waals surface area contributed by atoms with Crippen LogP contribution in [0.3, 0.4) is 0 Å². The van der Waals surface area contributed by atoms with Crippen molar-refractivity contribution in [2.24, 2.45) is 0 Å². The number of hydrogen-bond acceptors (Lipinski definition) is 3. The molecular formula is C14H13N3OS. The number of pyridine rings is 1. The maximum Gasteiger partial charge on any atom is 0.259 e. The third-order valence-corrected chi connectivity index (χ3v) is 2.91. The molecule has 19 heavy (non-hydrogen) atoms. The number of amides is 1. The van der Waals surface area contributed by atoms with Crippen molar-refractivity contribution in [3.63, 3.8) is 0 Å². The van der Waals surface area contributed by atoms with Crippen molar-refractivity contribution in [1.29, 1.82) is 0 Å². The number of nitrogens with zero attached hydrogens (tertiary/aromatic N) is 2. The van der Waals surface area contributed by atoms with Crippen molar-refractivity contribution < 1.29 is 4.79 Å². The van der Waals surface area contributed by atoms with Gasteiger partial charge in [-0.05, 0) is 36.5 Å². The van der Waals surface area contributed by atoms with E-state index in [-0.39, 0.29) is 5.91 Å². The van der Waals surface area contributed by atoms with Crippen LogP contribution in [0.15, 0.2) is 54.7 Å². The van der Waals surface area contributed by atoms with Gasteiger partial charge in [-0.25, -0.2) is 4.98 Å². The van der Waals surface area contributed by atoms with Crippen molar-refractivity contribution >= 4 is 29.1 Å². The molecule has 0 aliphatic carbocycles. The predicted octanol–water partition coefficient (Wildman–Crippen LogP) is 2.55. The minimum atomic E-state index is -0.158. The lowest BCUT2D eigenvalue weighted by atomic mass is 10.2. The fourth-order valence-corrected chi connectivity index (χ4v) is 1.68. The van der Waals surface area contributed by atoms with Crippen LogP contribution in [0, 0.1) is 0 Å². The molecule has 0 spiro atoms. The maximum absolute atomic E-state index is 12.2. The van der Waals surface area contributed by atoms with E-state index in [0.29, 0.717) is 16.5 Å². The van der Waals surface area contributed by atoms with Gasteiger partial charge in [0.15, 0.2) is 5.11 Å². The zero-order valence-corrected chi connectivity index (χ0v) is 11.2. The summed E-state index contributed by atoms with van der Waals surface area (Å²) in [5.41, 5.74) is 0.593. The van der Waals surface area contributed by atoms with Gasteiger partial charge in [0.25, 0.3) is 5.91 Å². The summed E-state index contributed by atoms with van der Waals surface area (Å²) in [6.07, 6.45) is 1.66. The largest absolute Gasteiger partial charge is 0.317 e. The molecule has 0 atom stereocenters. The quantitative estimate of drug-likeness (QED) is 0.853. The van der Waals surface area contributed by atoms with Crippen molar-refractivity contribution in [2.45, 2.75) is 0 Å². The Labute approximate surface area is 117 Å². The monoisotopic (exact) mass is 271 g/mol. The van der Waals surface area contributed by atoms with Gasteiger partial charge in [0.1, 0.15) is 5.82 Å². The lowest BCUT2D eigenvalue weighted by Crippen LogP contribution is -2.36. The minimum Gasteiger partial charge on any atom is -0.317 e. The zero-order valence-electron chi connectivity index (χ0n) is 10.4. The van der Waals surface area contributed by atoms with Gasteiger partial charge >= 0.3 is 0 Å². The third kappa shape index (κ3) is 3.35. The first-order valence-electron chi connectivity index (χ1n) is 5.73. The van der Waals surface area contributed by atoms with Crippen molar-refractivity contribution in [2.75, 3.05) is 12.4 Å². The smallest absolute Gasteiger partial charge is 0.259 e. The summed E-state index contributed by atoms with van der Waals surface area (Å²) in [6, 6.07) is 14.4. The molecule has 1 aromatic carbocycles. The predicted molar refractivity (Wildman–Crippen MR) is 79.0 cm³/mol. The van der Waals surface area contributed by atoms with Crippen molar-refractivity contribution in [3.05, 3.63) is 60.3 Å². The van der Waals surface area contributed by atoms with Gasteiger partial charge in [-0.2, -0.15) is 0 Å². The Morgan fingerprint density at radius 1 is 1.16 bits per heavy atom. The Hall–Kier alpha value is -2.27. The van der Waals surface area contributed by atoms with Crippen LogP contribution >= 0.6 is 12.2 Å². The standard InChI is InChI=1S/C14H13N3OS/c1-17(13(18)11-7-3-2-4-8-11)14(19)16-12-9-5-6-10-15-12/h2-10H,1H3,(H,15,16,19). The summed E-state index contributed by atoms with van der Waals surface area (Å²) < 4.78 is 0. The van der Waals surface area contributed by atoms with E-state index in [2.05, 4.69) is 10.3 Å². The Balaban J connectivity index is 2.06. The first-order valence-corrected chi connectivity index (χ1v) is 6.14. The highest BCUT2D eigenvalue weighted by Crippen LogP contribution is 2.06. The topological polar surface area (TPSA) is 45.2 Å². The normalized spacial score (nSPS) is 9.74. The fraction of sp³-hybridized carbons (Fsp3) is 0.0714. The number of thiocarbonyl (C=S) groups is 1. The van der Waals surface area contributed by atoms with Crippen LogP contribution in [0.5, 0.6) is 0 Å². The highest BCUT2D eigenvalue weighted by molar-refractivity contribution is 7.80. The molecule has 5 heteroatoms. The second-order valence-electron chi connectivity index (χ2n) is 3.88. The lowest BCUT2D eigenvalue weighted by molar-refractivity contribution is 0.0873. The van der Waals surface area contributed by atoms with Gasteiger partial charge in [-0.1, -0.05) is 24.3 Å². The molecule has 1 aromatic heterocycles. The molecule has 4 nitrogen and oxygen atoms in total. The highest BCUT2D eigenvalue weighted by atomic mass is 32.1. The average molecular weight is 271 g/mol. The Kier molecular flexibility index (Phi) is 4.20. The molecular weight excluding hydrogens is 258 g/mol. The van der Waals surface area contributed by atoms with Gasteiger partial charge in [-0.15, -0.1) is 0 Å². The molecule has 0 bridgehead atoms. The van der Waals surface area contributed by atoms with Crippen LogP contribution in [0.25, 0.3) is 0 Å². The van der Waals surface area contributed by atoms with Gasteiger partial charge in [0, 0.05) is 18.8 Å². The van der Waals surface area contributed by atoms with Gasteiger partial charge in [0.05, 0.1) is 0 Å². The van der Waals surface area contributed by atoms with Crippen molar-refractivity contribution in [3.8, 4) is 0 Å². The van der Waals surface area contributed by atoms with Crippen LogP contribution in [0.1, 0.15) is 10.4 Å². The van der Waals surface area contributed by atoms with Gasteiger partial charge in [0.2, 0.25) is 0 Å². The van der Waals surface area contributed by atoms with E-state index in [9.17, 15) is 4.79 Å². The Morgan fingerprint density at radius 2 is 1.84 bits per heavy atom. The molecule has 0 aliphatic heterocycles. The van der Waals surface area contributed by atoms with E-state index in [4.69, 9.17) is 12.2 Å². The Bertz CT molecular complexity index is 572. The summed E-state index contributed by atoms with van der Waals surface area (Å²) >= 11 is 5.19. The summed E-state index contributed by atoms with van der Waals surface area (Å²) in [5.74, 6) is 0.453. The number of carbonyl (C=O) groups excluding carboxylic acids is 1. The third-order valence-electron chi connectivity index (χ3n) is 2.53. The van der Waals surface area contributed by atoms with Crippen LogP contribution in [0.2, 0.25) is 0 Å². The molecule has 1 N–H and O–H groups in total. The molecule has 96 valence electrons. The van der Waals surface area contributed by atoms with E-state index in [1.165, 1.54) is 4.90 Å². The lowest BCUT2D eigenvalue weighted by Gasteiger charge is -2.18. The molecule has 0 fully saturated rings. The fourth-order valence-electron chi connectivity index (χ4n) is 1.50. The zero-order chi connectivity index (χ0) is 13.7. The molecule has 0 aliphatic rings. The molecule has 0 radical (unpaired) electrons. The van der Waals surface area contributed by atoms with Gasteiger partial charge < -0.3 is 5.32 Å². The van der Waals surface area contributed by atoms with Crippen LogP contribution < -0.4 is 5.32 Å². The molecule has 1 heterocycles. The molecule has 0 saturated heterocycles. The van der Waals surface area contributed by atoms with Gasteiger partial charge in [-0.3, -0.25) is 9.69 Å². The summed E-state index contributed by atoms with van der Waals surface area (Å²) in [4.78, 5) is 17.6. The summed E-state index contributed by atoms with van der Waals surface area (Å²) in [7, 11) is 1.63. The number of aromatic nitrogens is 1. The van der Waals surface area contributed by atoms with E-state index >= 15 is 0 Å². The number of benzene rings is 1. The number of rotatable bonds is 2. The molecule has 0 saturated carbocycles. The first-order chi connectivity index (χ1) is 9.18. The SMILES string of the molecule is CN(C(=O)c1ccccc1)C(=S)Nc1ccccn1. The van der Waals surface area contributed by atoms with Crippen molar-refractivity contribution in [1.82, 2.24) is 9.88 Å².